The molecule has 0 saturated carbocycles. The average Bonchev–Trinajstić information content (AvgIpc) is 2.67. The van der Waals surface area contributed by atoms with Gasteiger partial charge in [0.1, 0.15) is 0 Å². The smallest absolute Gasteiger partial charge is 0.270 e. The highest BCUT2D eigenvalue weighted by Crippen LogP contribution is 2.13. The number of nitrogens with zero attached hydrogens (tertiary/aromatic N) is 2. The summed E-state index contributed by atoms with van der Waals surface area (Å²) < 4.78 is 0. The quantitative estimate of drug-likeness (QED) is 0.412. The van der Waals surface area contributed by atoms with Crippen molar-refractivity contribution in [2.24, 2.45) is 0 Å². The molecular weight excluding hydrogens is 356 g/mol. The van der Waals surface area contributed by atoms with Crippen LogP contribution in [0.25, 0.3) is 0 Å². The molecule has 0 radical (unpaired) electrons. The summed E-state index contributed by atoms with van der Waals surface area (Å²) in [7, 11) is 0. The van der Waals surface area contributed by atoms with Crippen LogP contribution in [0, 0.1) is 20.2 Å². The number of carbonyl (C=O) groups is 2. The molecule has 0 heterocycles. The predicted octanol–water partition coefficient (Wildman–Crippen LogP) is 2.05. The Morgan fingerprint density at radius 3 is 1.56 bits per heavy atom. The highest BCUT2D eigenvalue weighted by Gasteiger charge is 2.12. The molecule has 0 atom stereocenters. The molecule has 0 unspecified atom stereocenters. The van der Waals surface area contributed by atoms with Gasteiger partial charge in [0.05, 0.1) is 9.85 Å². The van der Waals surface area contributed by atoms with Gasteiger partial charge in [-0.05, 0) is 18.6 Å². The maximum Gasteiger partial charge on any atom is 0.270 e. The zero-order chi connectivity index (χ0) is 19.8. The molecule has 2 amide bonds. The minimum Gasteiger partial charge on any atom is -0.352 e. The molecule has 140 valence electrons. The number of hydrogen-bond donors (Lipinski definition) is 2. The molecular formula is C17H16N4O6. The van der Waals surface area contributed by atoms with Crippen LogP contribution < -0.4 is 10.6 Å². The molecule has 0 aliphatic rings. The molecule has 10 heteroatoms. The second-order valence-corrected chi connectivity index (χ2v) is 5.48. The summed E-state index contributed by atoms with van der Waals surface area (Å²) in [5.74, 6) is -0.910. The van der Waals surface area contributed by atoms with Gasteiger partial charge in [-0.2, -0.15) is 0 Å². The van der Waals surface area contributed by atoms with Gasteiger partial charge in [-0.1, -0.05) is 12.1 Å². The van der Waals surface area contributed by atoms with Crippen LogP contribution in [-0.4, -0.2) is 34.8 Å². The largest absolute Gasteiger partial charge is 0.352 e. The molecule has 0 aliphatic heterocycles. The SMILES string of the molecule is O=C(NCCCNC(=O)c1cccc([N+](=O)[O-])c1)c1cccc([N+](=O)[O-])c1. The van der Waals surface area contributed by atoms with Gasteiger partial charge in [0, 0.05) is 48.5 Å². The number of nitro groups is 2. The third kappa shape index (κ3) is 5.59. The van der Waals surface area contributed by atoms with Crippen LogP contribution in [0.2, 0.25) is 0 Å². The van der Waals surface area contributed by atoms with E-state index in [-0.39, 0.29) is 35.6 Å². The summed E-state index contributed by atoms with van der Waals surface area (Å²) >= 11 is 0. The van der Waals surface area contributed by atoms with Gasteiger partial charge < -0.3 is 10.6 Å². The number of amides is 2. The lowest BCUT2D eigenvalue weighted by Gasteiger charge is -2.07. The minimum absolute atomic E-state index is 0.171. The fourth-order valence-electron chi connectivity index (χ4n) is 2.22. The second-order valence-electron chi connectivity index (χ2n) is 5.48. The Bertz CT molecular complexity index is 812. The number of rotatable bonds is 8. The molecule has 0 aliphatic carbocycles. The Balaban J connectivity index is 1.77. The van der Waals surface area contributed by atoms with Crippen LogP contribution in [0.15, 0.2) is 48.5 Å². The number of benzene rings is 2. The summed E-state index contributed by atoms with van der Waals surface area (Å²) in [5, 5.41) is 26.6. The number of non-ortho nitro benzene ring substituents is 2. The van der Waals surface area contributed by atoms with E-state index in [9.17, 15) is 29.8 Å². The molecule has 0 fully saturated rings. The van der Waals surface area contributed by atoms with Crippen LogP contribution in [0.4, 0.5) is 11.4 Å². The molecule has 2 aromatic rings. The Morgan fingerprint density at radius 1 is 0.778 bits per heavy atom. The lowest BCUT2D eigenvalue weighted by molar-refractivity contribution is -0.385. The van der Waals surface area contributed by atoms with E-state index in [0.717, 1.165) is 0 Å². The number of nitro benzene ring substituents is 2. The van der Waals surface area contributed by atoms with Gasteiger partial charge in [-0.3, -0.25) is 29.8 Å². The minimum atomic E-state index is -0.583. The third-order valence-electron chi connectivity index (χ3n) is 3.56. The lowest BCUT2D eigenvalue weighted by atomic mass is 10.2. The Kier molecular flexibility index (Phi) is 6.53. The van der Waals surface area contributed by atoms with E-state index in [1.807, 2.05) is 0 Å². The van der Waals surface area contributed by atoms with Crippen molar-refractivity contribution in [3.05, 3.63) is 79.9 Å². The van der Waals surface area contributed by atoms with Gasteiger partial charge in [-0.15, -0.1) is 0 Å². The van der Waals surface area contributed by atoms with E-state index < -0.39 is 21.7 Å². The fraction of sp³-hybridized carbons (Fsp3) is 0.176. The molecule has 10 nitrogen and oxygen atoms in total. The molecule has 0 aromatic heterocycles. The van der Waals surface area contributed by atoms with Crippen molar-refractivity contribution in [2.45, 2.75) is 6.42 Å². The lowest BCUT2D eigenvalue weighted by Crippen LogP contribution is -2.29. The first-order chi connectivity index (χ1) is 12.9. The molecule has 0 saturated heterocycles. The first-order valence-corrected chi connectivity index (χ1v) is 7.94. The van der Waals surface area contributed by atoms with E-state index in [0.29, 0.717) is 6.42 Å². The number of hydrogen-bond acceptors (Lipinski definition) is 6. The highest BCUT2D eigenvalue weighted by molar-refractivity contribution is 5.95. The van der Waals surface area contributed by atoms with Crippen LogP contribution >= 0.6 is 0 Å². The predicted molar refractivity (Wildman–Crippen MR) is 95.5 cm³/mol. The second kappa shape index (κ2) is 9.04. The summed E-state index contributed by atoms with van der Waals surface area (Å²) in [6.45, 7) is 0.494. The third-order valence-corrected chi connectivity index (χ3v) is 3.56. The zero-order valence-electron chi connectivity index (χ0n) is 14.1. The van der Waals surface area contributed by atoms with E-state index in [1.54, 1.807) is 0 Å². The van der Waals surface area contributed by atoms with E-state index in [4.69, 9.17) is 0 Å². The van der Waals surface area contributed by atoms with Crippen molar-refractivity contribution >= 4 is 23.2 Å². The summed E-state index contributed by atoms with van der Waals surface area (Å²) in [4.78, 5) is 44.2. The highest BCUT2D eigenvalue weighted by atomic mass is 16.6. The van der Waals surface area contributed by atoms with Crippen molar-refractivity contribution in [1.82, 2.24) is 10.6 Å². The van der Waals surface area contributed by atoms with Gasteiger partial charge in [0.2, 0.25) is 0 Å². The standard InChI is InChI=1S/C17H16N4O6/c22-16(12-4-1-6-14(10-12)20(24)25)18-8-3-9-19-17(23)13-5-2-7-15(11-13)21(26)27/h1-2,4-7,10-11H,3,8-9H2,(H,18,22)(H,19,23). The Labute approximate surface area is 153 Å². The van der Waals surface area contributed by atoms with Crippen LogP contribution in [0.1, 0.15) is 27.1 Å². The summed E-state index contributed by atoms with van der Waals surface area (Å²) in [6.07, 6.45) is 0.418. The maximum atomic E-state index is 12.0. The van der Waals surface area contributed by atoms with Gasteiger partial charge in [-0.25, -0.2) is 0 Å². The maximum absolute atomic E-state index is 12.0. The first-order valence-electron chi connectivity index (χ1n) is 7.94. The van der Waals surface area contributed by atoms with Crippen molar-refractivity contribution in [3.8, 4) is 0 Å². The molecule has 2 rings (SSSR count). The van der Waals surface area contributed by atoms with Crippen LogP contribution in [0.3, 0.4) is 0 Å². The monoisotopic (exact) mass is 372 g/mol. The molecule has 0 spiro atoms. The molecule has 0 bridgehead atoms. The number of nitrogens with one attached hydrogen (secondary N) is 2. The van der Waals surface area contributed by atoms with E-state index in [1.165, 1.54) is 48.5 Å². The fourth-order valence-corrected chi connectivity index (χ4v) is 2.22. The Hall–Kier alpha value is -3.82. The van der Waals surface area contributed by atoms with E-state index >= 15 is 0 Å². The number of carbonyl (C=O) groups excluding carboxylic acids is 2. The van der Waals surface area contributed by atoms with Crippen molar-refractivity contribution < 1.29 is 19.4 Å². The topological polar surface area (TPSA) is 144 Å². The van der Waals surface area contributed by atoms with Crippen LogP contribution in [-0.2, 0) is 0 Å². The van der Waals surface area contributed by atoms with Gasteiger partial charge in [0.25, 0.3) is 23.2 Å². The van der Waals surface area contributed by atoms with Crippen molar-refractivity contribution in [1.29, 1.82) is 0 Å². The van der Waals surface area contributed by atoms with Crippen LogP contribution in [0.5, 0.6) is 0 Å². The summed E-state index contributed by atoms with van der Waals surface area (Å²) in [6, 6.07) is 10.7. The van der Waals surface area contributed by atoms with Crippen molar-refractivity contribution in [2.75, 3.05) is 13.1 Å². The normalized spacial score (nSPS) is 10.1. The molecule has 27 heavy (non-hydrogen) atoms. The van der Waals surface area contributed by atoms with Crippen molar-refractivity contribution in [3.63, 3.8) is 0 Å². The van der Waals surface area contributed by atoms with Gasteiger partial charge in [0.15, 0.2) is 0 Å². The zero-order valence-corrected chi connectivity index (χ0v) is 14.1. The van der Waals surface area contributed by atoms with Gasteiger partial charge >= 0.3 is 0 Å². The molecule has 2 N–H and O–H groups in total. The van der Waals surface area contributed by atoms with E-state index in [2.05, 4.69) is 10.6 Å². The first kappa shape index (κ1) is 19.5. The average molecular weight is 372 g/mol. The molecule has 2 aromatic carbocycles. The Morgan fingerprint density at radius 2 is 1.19 bits per heavy atom. The summed E-state index contributed by atoms with van der Waals surface area (Å²) in [5.41, 5.74) is -0.00611.